The summed E-state index contributed by atoms with van der Waals surface area (Å²) in [6, 6.07) is 5.66. The van der Waals surface area contributed by atoms with E-state index in [4.69, 9.17) is 4.74 Å². The van der Waals surface area contributed by atoms with Gasteiger partial charge in [-0.1, -0.05) is 6.07 Å². The summed E-state index contributed by atoms with van der Waals surface area (Å²) in [7, 11) is 3.35. The molecule has 1 aliphatic rings. The smallest absolute Gasteiger partial charge is 0.229 e. The van der Waals surface area contributed by atoms with E-state index in [-0.39, 0.29) is 18.2 Å². The van der Waals surface area contributed by atoms with Gasteiger partial charge in [0.25, 0.3) is 0 Å². The maximum atomic E-state index is 12.4. The normalized spacial score (nSPS) is 17.2. The lowest BCUT2D eigenvalue weighted by Crippen LogP contribution is -2.28. The Balaban J connectivity index is 1.76. The molecule has 1 fully saturated rings. The molecule has 2 aromatic rings. The molecule has 0 saturated carbocycles. The molecule has 1 aromatic heterocycles. The van der Waals surface area contributed by atoms with Gasteiger partial charge in [-0.05, 0) is 24.6 Å². The average molecular weight is 328 g/mol. The van der Waals surface area contributed by atoms with E-state index in [0.717, 1.165) is 5.56 Å². The number of carbonyl (C=O) groups excluding carboxylic acids is 2. The summed E-state index contributed by atoms with van der Waals surface area (Å²) in [5.41, 5.74) is 2.36. The molecule has 2 heterocycles. The van der Waals surface area contributed by atoms with E-state index in [1.54, 1.807) is 36.1 Å². The summed E-state index contributed by atoms with van der Waals surface area (Å²) in [4.78, 5) is 26.4. The van der Waals surface area contributed by atoms with Crippen molar-refractivity contribution in [3.63, 3.8) is 0 Å². The van der Waals surface area contributed by atoms with E-state index in [2.05, 4.69) is 10.4 Å². The van der Waals surface area contributed by atoms with E-state index >= 15 is 0 Å². The minimum atomic E-state index is -0.400. The van der Waals surface area contributed by atoms with Crippen molar-refractivity contribution in [1.29, 1.82) is 0 Å². The van der Waals surface area contributed by atoms with E-state index < -0.39 is 5.92 Å². The summed E-state index contributed by atoms with van der Waals surface area (Å²) in [5.74, 6) is -0.0269. The number of aryl methyl sites for hydroxylation is 2. The summed E-state index contributed by atoms with van der Waals surface area (Å²) < 4.78 is 6.96. The molecule has 1 atom stereocenters. The summed E-state index contributed by atoms with van der Waals surface area (Å²) in [5, 5.41) is 6.82. The number of aromatic nitrogens is 2. The Morgan fingerprint density at radius 3 is 2.88 bits per heavy atom. The van der Waals surface area contributed by atoms with Crippen LogP contribution in [0.4, 0.5) is 11.4 Å². The fourth-order valence-corrected chi connectivity index (χ4v) is 2.86. The highest BCUT2D eigenvalue weighted by atomic mass is 16.5. The molecule has 0 unspecified atom stereocenters. The first-order valence-corrected chi connectivity index (χ1v) is 7.72. The number of benzene rings is 1. The molecule has 0 aliphatic carbocycles. The zero-order chi connectivity index (χ0) is 17.3. The third kappa shape index (κ3) is 3.10. The molecule has 2 amide bonds. The maximum absolute atomic E-state index is 12.4. The van der Waals surface area contributed by atoms with Gasteiger partial charge in [0, 0.05) is 26.2 Å². The molecule has 24 heavy (non-hydrogen) atoms. The van der Waals surface area contributed by atoms with Crippen LogP contribution in [0.2, 0.25) is 0 Å². The third-order valence-electron chi connectivity index (χ3n) is 4.09. The highest BCUT2D eigenvalue weighted by molar-refractivity contribution is 6.04. The van der Waals surface area contributed by atoms with Gasteiger partial charge in [-0.3, -0.25) is 14.3 Å². The molecular weight excluding hydrogens is 308 g/mol. The van der Waals surface area contributed by atoms with Gasteiger partial charge in [0.2, 0.25) is 11.8 Å². The van der Waals surface area contributed by atoms with Crippen molar-refractivity contribution < 1.29 is 14.3 Å². The second-order valence-electron chi connectivity index (χ2n) is 5.97. The van der Waals surface area contributed by atoms with Crippen LogP contribution in [0.15, 0.2) is 30.6 Å². The number of hydrogen-bond donors (Lipinski definition) is 1. The van der Waals surface area contributed by atoms with E-state index in [1.165, 1.54) is 0 Å². The third-order valence-corrected chi connectivity index (χ3v) is 4.09. The molecule has 1 aromatic carbocycles. The number of methoxy groups -OCH3 is 1. The van der Waals surface area contributed by atoms with E-state index in [0.29, 0.717) is 23.7 Å². The quantitative estimate of drug-likeness (QED) is 0.927. The number of rotatable bonds is 4. The lowest BCUT2D eigenvalue weighted by Gasteiger charge is -2.20. The number of nitrogens with one attached hydrogen (secondary N) is 1. The van der Waals surface area contributed by atoms with Gasteiger partial charge in [0.05, 0.1) is 30.6 Å². The Morgan fingerprint density at radius 2 is 2.21 bits per heavy atom. The van der Waals surface area contributed by atoms with E-state index in [9.17, 15) is 9.59 Å². The Morgan fingerprint density at radius 1 is 1.42 bits per heavy atom. The number of hydrogen-bond acceptors (Lipinski definition) is 4. The molecule has 1 saturated heterocycles. The topological polar surface area (TPSA) is 76.5 Å². The summed E-state index contributed by atoms with van der Waals surface area (Å²) in [6.45, 7) is 2.29. The summed E-state index contributed by atoms with van der Waals surface area (Å²) >= 11 is 0. The maximum Gasteiger partial charge on any atom is 0.229 e. The number of anilines is 2. The van der Waals surface area contributed by atoms with Crippen molar-refractivity contribution in [2.24, 2.45) is 13.0 Å². The summed E-state index contributed by atoms with van der Waals surface area (Å²) in [6.07, 6.45) is 3.48. The Bertz CT molecular complexity index is 784. The van der Waals surface area contributed by atoms with Crippen molar-refractivity contribution in [1.82, 2.24) is 9.78 Å². The van der Waals surface area contributed by atoms with Gasteiger partial charge in [-0.25, -0.2) is 0 Å². The number of carbonyl (C=O) groups is 2. The lowest BCUT2D eigenvalue weighted by molar-refractivity contribution is -0.122. The van der Waals surface area contributed by atoms with Crippen LogP contribution >= 0.6 is 0 Å². The predicted molar refractivity (Wildman–Crippen MR) is 90.0 cm³/mol. The largest absolute Gasteiger partial charge is 0.495 e. The van der Waals surface area contributed by atoms with Gasteiger partial charge in [-0.15, -0.1) is 0 Å². The van der Waals surface area contributed by atoms with Gasteiger partial charge >= 0.3 is 0 Å². The minimum Gasteiger partial charge on any atom is -0.495 e. The van der Waals surface area contributed by atoms with E-state index in [1.807, 2.05) is 25.1 Å². The van der Waals surface area contributed by atoms with Crippen LogP contribution in [-0.4, -0.2) is 35.2 Å². The Hall–Kier alpha value is -2.83. The molecule has 1 aliphatic heterocycles. The first kappa shape index (κ1) is 16.0. The zero-order valence-electron chi connectivity index (χ0n) is 13.9. The number of ether oxygens (including phenoxy) is 1. The van der Waals surface area contributed by atoms with Crippen molar-refractivity contribution in [2.75, 3.05) is 23.9 Å². The first-order chi connectivity index (χ1) is 11.5. The monoisotopic (exact) mass is 328 g/mol. The molecule has 7 heteroatoms. The fourth-order valence-electron chi connectivity index (χ4n) is 2.86. The second kappa shape index (κ2) is 6.35. The van der Waals surface area contributed by atoms with Gasteiger partial charge < -0.3 is 15.0 Å². The second-order valence-corrected chi connectivity index (χ2v) is 5.97. The molecule has 1 N–H and O–H groups in total. The molecule has 0 bridgehead atoms. The number of nitrogens with zero attached hydrogens (tertiary/aromatic N) is 3. The van der Waals surface area contributed by atoms with Gasteiger partial charge in [0.15, 0.2) is 0 Å². The van der Waals surface area contributed by atoms with Crippen molar-refractivity contribution in [3.05, 3.63) is 36.2 Å². The fraction of sp³-hybridized carbons (Fsp3) is 0.353. The van der Waals surface area contributed by atoms with Crippen LogP contribution in [0.5, 0.6) is 5.75 Å². The number of amides is 2. The highest BCUT2D eigenvalue weighted by Crippen LogP contribution is 2.34. The SMILES string of the molecule is COc1ccc(C)cc1N1C[C@H](C(=O)Nc2cnn(C)c2)CC1=O. The minimum absolute atomic E-state index is 0.0785. The van der Waals surface area contributed by atoms with Crippen molar-refractivity contribution in [2.45, 2.75) is 13.3 Å². The average Bonchev–Trinajstić information content (AvgIpc) is 3.13. The standard InChI is InChI=1S/C17H20N4O3/c1-11-4-5-15(24-3)14(6-11)21-9-12(7-16(21)22)17(23)19-13-8-18-20(2)10-13/h4-6,8,10,12H,7,9H2,1-3H3,(H,19,23)/t12-/m1/s1. The lowest BCUT2D eigenvalue weighted by atomic mass is 10.1. The van der Waals surface area contributed by atoms with Crippen molar-refractivity contribution in [3.8, 4) is 5.75 Å². The first-order valence-electron chi connectivity index (χ1n) is 7.72. The Labute approximate surface area is 140 Å². The van der Waals surface area contributed by atoms with Crippen LogP contribution in [0.1, 0.15) is 12.0 Å². The van der Waals surface area contributed by atoms with Crippen LogP contribution < -0.4 is 15.0 Å². The van der Waals surface area contributed by atoms with Crippen LogP contribution in [0.25, 0.3) is 0 Å². The highest BCUT2D eigenvalue weighted by Gasteiger charge is 2.36. The van der Waals surface area contributed by atoms with Gasteiger partial charge in [0.1, 0.15) is 5.75 Å². The molecule has 0 spiro atoms. The molecule has 0 radical (unpaired) electrons. The zero-order valence-corrected chi connectivity index (χ0v) is 13.9. The molecular formula is C17H20N4O3. The van der Waals surface area contributed by atoms with Gasteiger partial charge in [-0.2, -0.15) is 5.10 Å². The van der Waals surface area contributed by atoms with Crippen LogP contribution in [0.3, 0.4) is 0 Å². The molecule has 126 valence electrons. The van der Waals surface area contributed by atoms with Crippen LogP contribution in [-0.2, 0) is 16.6 Å². The van der Waals surface area contributed by atoms with Crippen molar-refractivity contribution >= 4 is 23.2 Å². The molecule has 7 nitrogen and oxygen atoms in total. The Kier molecular flexibility index (Phi) is 4.24. The predicted octanol–water partition coefficient (Wildman–Crippen LogP) is 1.73. The molecule has 3 rings (SSSR count). The van der Waals surface area contributed by atoms with Crippen LogP contribution in [0, 0.1) is 12.8 Å².